The highest BCUT2D eigenvalue weighted by molar-refractivity contribution is 5.86. The molecule has 146 valence electrons. The molecule has 0 aromatic carbocycles. The van der Waals surface area contributed by atoms with Gasteiger partial charge >= 0.3 is 5.97 Å². The zero-order valence-corrected chi connectivity index (χ0v) is 15.3. The van der Waals surface area contributed by atoms with Crippen molar-refractivity contribution >= 4 is 17.8 Å². The number of hydrogen-bond acceptors (Lipinski definition) is 5. The first-order chi connectivity index (χ1) is 12.5. The van der Waals surface area contributed by atoms with E-state index in [0.717, 1.165) is 32.1 Å². The third kappa shape index (κ3) is 6.44. The maximum atomic E-state index is 12.5. The first-order valence-electron chi connectivity index (χ1n) is 9.55. The predicted octanol–water partition coefficient (Wildman–Crippen LogP) is 1.20. The quantitative estimate of drug-likeness (QED) is 0.512. The van der Waals surface area contributed by atoms with E-state index < -0.39 is 11.5 Å². The predicted molar refractivity (Wildman–Crippen MR) is 96.1 cm³/mol. The van der Waals surface area contributed by atoms with Gasteiger partial charge in [0, 0.05) is 12.8 Å². The molecule has 1 saturated carbocycles. The average molecular weight is 366 g/mol. The smallest absolute Gasteiger partial charge is 0.305 e. The number of carbonyl (C=O) groups is 3. The van der Waals surface area contributed by atoms with Gasteiger partial charge in [-0.3, -0.25) is 14.4 Å². The van der Waals surface area contributed by atoms with Gasteiger partial charge in [-0.2, -0.15) is 0 Å². The maximum absolute atomic E-state index is 12.5. The molecule has 0 aromatic heterocycles. The van der Waals surface area contributed by atoms with Crippen molar-refractivity contribution in [1.82, 2.24) is 10.6 Å². The molecule has 1 atom stereocenters. The normalized spacial score (nSPS) is 24.6. The lowest BCUT2D eigenvalue weighted by molar-refractivity contribution is -0.144. The Morgan fingerprint density at radius 2 is 2.04 bits per heavy atom. The van der Waals surface area contributed by atoms with Crippen LogP contribution in [0, 0.1) is 5.92 Å². The van der Waals surface area contributed by atoms with Crippen molar-refractivity contribution < 1.29 is 24.2 Å². The van der Waals surface area contributed by atoms with E-state index in [2.05, 4.69) is 10.6 Å². The summed E-state index contributed by atoms with van der Waals surface area (Å²) in [5, 5.41) is 15.3. The Balaban J connectivity index is 1.93. The van der Waals surface area contributed by atoms with Crippen molar-refractivity contribution in [3.63, 3.8) is 0 Å². The van der Waals surface area contributed by atoms with Crippen LogP contribution in [0.2, 0.25) is 0 Å². The standard InChI is InChI=1S/C19H30N2O5/c22-14-19(9-5-6-10-19)21-16(23)13-15-7-3-1-2-4-8-17(24)26-12-11-20-18(15)25/h1,3,15,22H,2,4-14H2,(H,20,25)(H,21,23). The molecule has 3 N–H and O–H groups in total. The lowest BCUT2D eigenvalue weighted by Crippen LogP contribution is -2.50. The van der Waals surface area contributed by atoms with E-state index in [1.54, 1.807) is 0 Å². The van der Waals surface area contributed by atoms with Crippen molar-refractivity contribution in [2.24, 2.45) is 5.92 Å². The number of rotatable bonds is 4. The van der Waals surface area contributed by atoms with E-state index in [-0.39, 0.29) is 44.0 Å². The van der Waals surface area contributed by atoms with Crippen molar-refractivity contribution in [3.05, 3.63) is 12.2 Å². The van der Waals surface area contributed by atoms with Gasteiger partial charge in [0.25, 0.3) is 0 Å². The molecule has 0 bridgehead atoms. The van der Waals surface area contributed by atoms with Crippen molar-refractivity contribution in [1.29, 1.82) is 0 Å². The Hall–Kier alpha value is -1.89. The lowest BCUT2D eigenvalue weighted by atomic mass is 9.95. The number of amides is 2. The molecule has 0 spiro atoms. The minimum absolute atomic E-state index is 0.0686. The fourth-order valence-electron chi connectivity index (χ4n) is 3.53. The fraction of sp³-hybridized carbons (Fsp3) is 0.737. The third-order valence-electron chi connectivity index (χ3n) is 5.07. The lowest BCUT2D eigenvalue weighted by Gasteiger charge is -2.28. The summed E-state index contributed by atoms with van der Waals surface area (Å²) >= 11 is 0. The van der Waals surface area contributed by atoms with Crippen LogP contribution in [0.15, 0.2) is 12.2 Å². The van der Waals surface area contributed by atoms with Gasteiger partial charge in [0.05, 0.1) is 24.6 Å². The molecule has 1 fully saturated rings. The summed E-state index contributed by atoms with van der Waals surface area (Å²) in [7, 11) is 0. The van der Waals surface area contributed by atoms with E-state index in [0.29, 0.717) is 19.3 Å². The number of carbonyl (C=O) groups excluding carboxylic acids is 3. The molecular formula is C19H30N2O5. The highest BCUT2D eigenvalue weighted by Crippen LogP contribution is 2.29. The molecule has 0 saturated heterocycles. The number of hydrogen-bond donors (Lipinski definition) is 3. The summed E-state index contributed by atoms with van der Waals surface area (Å²) in [6.07, 6.45) is 9.75. The molecule has 2 aliphatic rings. The van der Waals surface area contributed by atoms with Gasteiger partial charge in [-0.1, -0.05) is 25.0 Å². The topological polar surface area (TPSA) is 105 Å². The number of aliphatic hydroxyl groups excluding tert-OH is 1. The van der Waals surface area contributed by atoms with Crippen LogP contribution >= 0.6 is 0 Å². The number of aliphatic hydroxyl groups is 1. The molecule has 1 aliphatic carbocycles. The second kappa shape index (κ2) is 10.3. The summed E-state index contributed by atoms with van der Waals surface area (Å²) < 4.78 is 5.05. The van der Waals surface area contributed by atoms with E-state index >= 15 is 0 Å². The molecule has 2 amide bonds. The molecular weight excluding hydrogens is 336 g/mol. The molecule has 0 aromatic rings. The molecule has 7 nitrogen and oxygen atoms in total. The van der Waals surface area contributed by atoms with E-state index in [4.69, 9.17) is 4.74 Å². The highest BCUT2D eigenvalue weighted by atomic mass is 16.5. The molecule has 1 unspecified atom stereocenters. The first-order valence-corrected chi connectivity index (χ1v) is 9.55. The van der Waals surface area contributed by atoms with Crippen LogP contribution in [0.25, 0.3) is 0 Å². The zero-order valence-electron chi connectivity index (χ0n) is 15.3. The Morgan fingerprint density at radius 1 is 1.27 bits per heavy atom. The van der Waals surface area contributed by atoms with Gasteiger partial charge in [-0.25, -0.2) is 0 Å². The Labute approximate surface area is 154 Å². The Morgan fingerprint density at radius 3 is 2.77 bits per heavy atom. The SMILES string of the molecule is O=C(CC1CC=CCCCC(=O)OCCNC1=O)NC1(CO)CCCC1. The van der Waals surface area contributed by atoms with Crippen LogP contribution in [0.3, 0.4) is 0 Å². The Kier molecular flexibility index (Phi) is 8.09. The first kappa shape index (κ1) is 20.4. The van der Waals surface area contributed by atoms with Crippen LogP contribution in [-0.4, -0.2) is 48.2 Å². The van der Waals surface area contributed by atoms with Gasteiger partial charge in [0.1, 0.15) is 6.61 Å². The Bertz CT molecular complexity index is 526. The monoisotopic (exact) mass is 366 g/mol. The van der Waals surface area contributed by atoms with Crippen molar-refractivity contribution in [2.75, 3.05) is 19.8 Å². The minimum Gasteiger partial charge on any atom is -0.464 e. The summed E-state index contributed by atoms with van der Waals surface area (Å²) in [5.74, 6) is -1.15. The summed E-state index contributed by atoms with van der Waals surface area (Å²) in [6, 6.07) is 0. The molecule has 1 aliphatic heterocycles. The van der Waals surface area contributed by atoms with Crippen molar-refractivity contribution in [2.45, 2.75) is 63.3 Å². The van der Waals surface area contributed by atoms with Gasteiger partial charge in [-0.05, 0) is 32.1 Å². The summed E-state index contributed by atoms with van der Waals surface area (Å²) in [4.78, 5) is 36.3. The van der Waals surface area contributed by atoms with Gasteiger partial charge < -0.3 is 20.5 Å². The zero-order chi connectivity index (χ0) is 18.8. The number of ether oxygens (including phenoxy) is 1. The largest absolute Gasteiger partial charge is 0.464 e. The number of cyclic esters (lactones) is 1. The van der Waals surface area contributed by atoms with E-state index in [1.807, 2.05) is 12.2 Å². The maximum Gasteiger partial charge on any atom is 0.305 e. The highest BCUT2D eigenvalue weighted by Gasteiger charge is 2.35. The van der Waals surface area contributed by atoms with Crippen LogP contribution in [0.5, 0.6) is 0 Å². The van der Waals surface area contributed by atoms with Gasteiger partial charge in [0.15, 0.2) is 0 Å². The van der Waals surface area contributed by atoms with Gasteiger partial charge in [-0.15, -0.1) is 0 Å². The third-order valence-corrected chi connectivity index (χ3v) is 5.07. The fourth-order valence-corrected chi connectivity index (χ4v) is 3.53. The molecule has 2 rings (SSSR count). The number of allylic oxidation sites excluding steroid dienone is 2. The average Bonchev–Trinajstić information content (AvgIpc) is 3.08. The minimum atomic E-state index is -0.527. The second-order valence-corrected chi connectivity index (χ2v) is 7.21. The molecule has 26 heavy (non-hydrogen) atoms. The van der Waals surface area contributed by atoms with Crippen LogP contribution in [-0.2, 0) is 19.1 Å². The number of esters is 1. The van der Waals surface area contributed by atoms with Crippen LogP contribution in [0.1, 0.15) is 57.8 Å². The summed E-state index contributed by atoms with van der Waals surface area (Å²) in [5.41, 5.74) is -0.527. The van der Waals surface area contributed by atoms with Crippen molar-refractivity contribution in [3.8, 4) is 0 Å². The number of nitrogens with one attached hydrogen (secondary N) is 2. The summed E-state index contributed by atoms with van der Waals surface area (Å²) in [6.45, 7) is 0.318. The van der Waals surface area contributed by atoms with Crippen LogP contribution < -0.4 is 10.6 Å². The second-order valence-electron chi connectivity index (χ2n) is 7.21. The molecule has 7 heteroatoms. The molecule has 0 radical (unpaired) electrons. The van der Waals surface area contributed by atoms with E-state index in [9.17, 15) is 19.5 Å². The molecule has 1 heterocycles. The van der Waals surface area contributed by atoms with E-state index in [1.165, 1.54) is 0 Å². The van der Waals surface area contributed by atoms with Crippen LogP contribution in [0.4, 0.5) is 0 Å². The van der Waals surface area contributed by atoms with Gasteiger partial charge in [0.2, 0.25) is 11.8 Å².